The van der Waals surface area contributed by atoms with Gasteiger partial charge in [-0.25, -0.2) is 19.0 Å². The number of thiazole rings is 1. The van der Waals surface area contributed by atoms with Gasteiger partial charge in [-0.1, -0.05) is 0 Å². The molecule has 0 aliphatic carbocycles. The zero-order valence-electron chi connectivity index (χ0n) is 14.4. The van der Waals surface area contributed by atoms with Crippen molar-refractivity contribution in [3.63, 3.8) is 0 Å². The van der Waals surface area contributed by atoms with Crippen molar-refractivity contribution in [2.75, 3.05) is 5.32 Å². The average Bonchev–Trinajstić information content (AvgIpc) is 3.40. The number of hydrogen-bond donors (Lipinski definition) is 1. The minimum Gasteiger partial charge on any atom is -0.486 e. The van der Waals surface area contributed by atoms with Crippen molar-refractivity contribution in [2.24, 2.45) is 0 Å². The molecular weight excluding hydrogens is 381 g/mol. The summed E-state index contributed by atoms with van der Waals surface area (Å²) in [6.45, 7) is 0.189. The molecule has 0 atom stereocenters. The number of carbonyl (C=O) groups excluding carboxylic acids is 1. The number of benzene rings is 1. The average molecular weight is 395 g/mol. The molecular formula is C19H14FN5O2S. The van der Waals surface area contributed by atoms with Gasteiger partial charge in [0.2, 0.25) is 0 Å². The SMILES string of the molecule is O=C(Nc1cccnc1-n1cccn1)c1csc(COc2ccc(F)cc2)n1. The van der Waals surface area contributed by atoms with Crippen LogP contribution in [0.15, 0.2) is 66.4 Å². The largest absolute Gasteiger partial charge is 0.486 e. The molecule has 0 fully saturated rings. The van der Waals surface area contributed by atoms with E-state index in [2.05, 4.69) is 20.4 Å². The lowest BCUT2D eigenvalue weighted by Crippen LogP contribution is -2.15. The third-order valence-corrected chi connectivity index (χ3v) is 4.54. The van der Waals surface area contributed by atoms with Crippen molar-refractivity contribution in [3.8, 4) is 11.6 Å². The molecule has 0 spiro atoms. The smallest absolute Gasteiger partial charge is 0.275 e. The van der Waals surface area contributed by atoms with E-state index in [9.17, 15) is 9.18 Å². The fourth-order valence-electron chi connectivity index (χ4n) is 2.41. The van der Waals surface area contributed by atoms with Crippen LogP contribution in [-0.4, -0.2) is 25.7 Å². The van der Waals surface area contributed by atoms with E-state index in [1.54, 1.807) is 46.9 Å². The molecule has 140 valence electrons. The highest BCUT2D eigenvalue weighted by Gasteiger charge is 2.14. The Kier molecular flexibility index (Phi) is 5.07. The maximum absolute atomic E-state index is 12.9. The van der Waals surface area contributed by atoms with Gasteiger partial charge in [-0.3, -0.25) is 4.79 Å². The van der Waals surface area contributed by atoms with Gasteiger partial charge in [0.05, 0.1) is 5.69 Å². The van der Waals surface area contributed by atoms with Gasteiger partial charge in [0.15, 0.2) is 5.82 Å². The number of nitrogens with zero attached hydrogens (tertiary/aromatic N) is 4. The Morgan fingerprint density at radius 1 is 1.18 bits per heavy atom. The van der Waals surface area contributed by atoms with Gasteiger partial charge < -0.3 is 10.1 Å². The van der Waals surface area contributed by atoms with Crippen LogP contribution in [0.2, 0.25) is 0 Å². The van der Waals surface area contributed by atoms with Crippen molar-refractivity contribution in [2.45, 2.75) is 6.61 Å². The Bertz CT molecular complexity index is 1080. The zero-order chi connectivity index (χ0) is 19.3. The molecule has 0 aliphatic rings. The Labute approximate surface area is 163 Å². The minimum atomic E-state index is -0.356. The number of hydrogen-bond acceptors (Lipinski definition) is 6. The van der Waals surface area contributed by atoms with E-state index in [-0.39, 0.29) is 24.0 Å². The fourth-order valence-corrected chi connectivity index (χ4v) is 3.10. The Balaban J connectivity index is 1.43. The second-order valence-corrected chi connectivity index (χ2v) is 6.59. The summed E-state index contributed by atoms with van der Waals surface area (Å²) in [6.07, 6.45) is 5.00. The first-order chi connectivity index (χ1) is 13.7. The summed E-state index contributed by atoms with van der Waals surface area (Å²) in [6, 6.07) is 11.0. The van der Waals surface area contributed by atoms with Crippen molar-refractivity contribution in [1.29, 1.82) is 0 Å². The van der Waals surface area contributed by atoms with Crippen LogP contribution >= 0.6 is 11.3 Å². The summed E-state index contributed by atoms with van der Waals surface area (Å²) in [5.41, 5.74) is 0.797. The van der Waals surface area contributed by atoms with Gasteiger partial charge in [-0.15, -0.1) is 11.3 Å². The van der Waals surface area contributed by atoms with Gasteiger partial charge in [0.1, 0.15) is 28.9 Å². The van der Waals surface area contributed by atoms with Crippen molar-refractivity contribution in [1.82, 2.24) is 19.7 Å². The topological polar surface area (TPSA) is 81.9 Å². The molecule has 7 nitrogen and oxygen atoms in total. The molecule has 1 amide bonds. The van der Waals surface area contributed by atoms with Gasteiger partial charge in [-0.05, 0) is 42.5 Å². The number of carbonyl (C=O) groups is 1. The highest BCUT2D eigenvalue weighted by molar-refractivity contribution is 7.09. The molecule has 1 N–H and O–H groups in total. The fraction of sp³-hybridized carbons (Fsp3) is 0.0526. The van der Waals surface area contributed by atoms with Crippen LogP contribution < -0.4 is 10.1 Å². The molecule has 0 aliphatic heterocycles. The summed E-state index contributed by atoms with van der Waals surface area (Å²) >= 11 is 1.31. The molecule has 0 saturated carbocycles. The second kappa shape index (κ2) is 7.97. The highest BCUT2D eigenvalue weighted by Crippen LogP contribution is 2.19. The maximum Gasteiger partial charge on any atom is 0.275 e. The first-order valence-corrected chi connectivity index (χ1v) is 9.16. The van der Waals surface area contributed by atoms with Gasteiger partial charge >= 0.3 is 0 Å². The summed E-state index contributed by atoms with van der Waals surface area (Å²) in [7, 11) is 0. The Hall–Kier alpha value is -3.59. The number of halogens is 1. The number of ether oxygens (including phenoxy) is 1. The molecule has 0 saturated heterocycles. The van der Waals surface area contributed by atoms with E-state index < -0.39 is 0 Å². The van der Waals surface area contributed by atoms with Crippen LogP contribution in [0.1, 0.15) is 15.5 Å². The van der Waals surface area contributed by atoms with Crippen molar-refractivity contribution < 1.29 is 13.9 Å². The van der Waals surface area contributed by atoms with Crippen molar-refractivity contribution >= 4 is 22.9 Å². The monoisotopic (exact) mass is 395 g/mol. The first-order valence-electron chi connectivity index (χ1n) is 8.28. The minimum absolute atomic E-state index is 0.189. The summed E-state index contributed by atoms with van der Waals surface area (Å²) < 4.78 is 20.0. The number of anilines is 1. The third kappa shape index (κ3) is 4.04. The second-order valence-electron chi connectivity index (χ2n) is 5.65. The highest BCUT2D eigenvalue weighted by atomic mass is 32.1. The molecule has 9 heteroatoms. The molecule has 0 unspecified atom stereocenters. The summed E-state index contributed by atoms with van der Waals surface area (Å²) in [5.74, 6) is 0.355. The molecule has 4 aromatic rings. The number of aromatic nitrogens is 4. The molecule has 28 heavy (non-hydrogen) atoms. The number of nitrogens with one attached hydrogen (secondary N) is 1. The van der Waals surface area contributed by atoms with E-state index in [4.69, 9.17) is 4.74 Å². The number of pyridine rings is 1. The van der Waals surface area contributed by atoms with Crippen LogP contribution in [0.3, 0.4) is 0 Å². The Morgan fingerprint density at radius 2 is 2.04 bits per heavy atom. The Morgan fingerprint density at radius 3 is 2.82 bits per heavy atom. The van der Waals surface area contributed by atoms with Gasteiger partial charge in [0, 0.05) is 24.0 Å². The van der Waals surface area contributed by atoms with E-state index in [0.29, 0.717) is 22.3 Å². The predicted octanol–water partition coefficient (Wildman–Crippen LogP) is 3.69. The van der Waals surface area contributed by atoms with Crippen LogP contribution in [0.25, 0.3) is 5.82 Å². The lowest BCUT2D eigenvalue weighted by Gasteiger charge is -2.08. The van der Waals surface area contributed by atoms with Crippen LogP contribution in [0.4, 0.5) is 10.1 Å². The number of amides is 1. The van der Waals surface area contributed by atoms with Crippen LogP contribution in [0.5, 0.6) is 5.75 Å². The normalized spacial score (nSPS) is 10.6. The lowest BCUT2D eigenvalue weighted by molar-refractivity contribution is 0.102. The standard InChI is InChI=1S/C19H14FN5O2S/c20-13-4-6-14(7-5-13)27-11-17-23-16(12-28-17)19(26)24-15-3-1-8-21-18(15)25-10-2-9-22-25/h1-10,12H,11H2,(H,24,26). The maximum atomic E-state index is 12.9. The quantitative estimate of drug-likeness (QED) is 0.538. The van der Waals surface area contributed by atoms with E-state index in [0.717, 1.165) is 0 Å². The van der Waals surface area contributed by atoms with E-state index >= 15 is 0 Å². The van der Waals surface area contributed by atoms with Crippen LogP contribution in [-0.2, 0) is 6.61 Å². The number of rotatable bonds is 6. The zero-order valence-corrected chi connectivity index (χ0v) is 15.3. The molecule has 3 aromatic heterocycles. The molecule has 4 rings (SSSR count). The van der Waals surface area contributed by atoms with Crippen molar-refractivity contribution in [3.05, 3.63) is 83.0 Å². The molecule has 0 radical (unpaired) electrons. The van der Waals surface area contributed by atoms with Gasteiger partial charge in [-0.2, -0.15) is 5.10 Å². The van der Waals surface area contributed by atoms with Gasteiger partial charge in [0.25, 0.3) is 5.91 Å². The predicted molar refractivity (Wildman–Crippen MR) is 102 cm³/mol. The van der Waals surface area contributed by atoms with E-state index in [1.165, 1.54) is 35.6 Å². The summed E-state index contributed by atoms with van der Waals surface area (Å²) in [5, 5.41) is 9.23. The molecule has 0 bridgehead atoms. The first kappa shape index (κ1) is 17.8. The summed E-state index contributed by atoms with van der Waals surface area (Å²) in [4.78, 5) is 21.1. The molecule has 3 heterocycles. The van der Waals surface area contributed by atoms with E-state index in [1.807, 2.05) is 0 Å². The lowest BCUT2D eigenvalue weighted by atomic mass is 10.3. The molecule has 1 aromatic carbocycles. The van der Waals surface area contributed by atoms with Crippen LogP contribution in [0, 0.1) is 5.82 Å². The third-order valence-electron chi connectivity index (χ3n) is 3.72.